The molecule has 0 aliphatic rings. The van der Waals surface area contributed by atoms with Crippen molar-refractivity contribution in [2.24, 2.45) is 0 Å². The second kappa shape index (κ2) is 8.36. The summed E-state index contributed by atoms with van der Waals surface area (Å²) in [6.07, 6.45) is 0.293. The maximum absolute atomic E-state index is 12.4. The second-order valence-electron chi connectivity index (χ2n) is 6.12. The lowest BCUT2D eigenvalue weighted by atomic mass is 10.0. The lowest BCUT2D eigenvalue weighted by molar-refractivity contribution is -0.120. The van der Waals surface area contributed by atoms with E-state index in [1.807, 2.05) is 48.5 Å². The van der Waals surface area contributed by atoms with Crippen molar-refractivity contribution in [2.75, 3.05) is 14.2 Å². The minimum atomic E-state index is -0.476. The van der Waals surface area contributed by atoms with Gasteiger partial charge in [0, 0.05) is 6.54 Å². The Kier molecular flexibility index (Phi) is 5.71. The fraction of sp³-hybridized carbons (Fsp3) is 0.182. The summed E-state index contributed by atoms with van der Waals surface area (Å²) in [6, 6.07) is 19.1. The van der Waals surface area contributed by atoms with E-state index in [0.717, 1.165) is 21.9 Å². The Labute approximate surface area is 157 Å². The molecule has 5 nitrogen and oxygen atoms in total. The van der Waals surface area contributed by atoms with Gasteiger partial charge in [-0.25, -0.2) is 4.79 Å². The van der Waals surface area contributed by atoms with Crippen LogP contribution in [0.4, 0.5) is 0 Å². The summed E-state index contributed by atoms with van der Waals surface area (Å²) < 4.78 is 9.95. The fourth-order valence-corrected chi connectivity index (χ4v) is 3.02. The second-order valence-corrected chi connectivity index (χ2v) is 6.12. The molecule has 0 aliphatic carbocycles. The Bertz CT molecular complexity index is 976. The van der Waals surface area contributed by atoms with Crippen molar-refractivity contribution in [3.8, 4) is 5.75 Å². The zero-order valence-corrected chi connectivity index (χ0v) is 15.3. The molecule has 0 bridgehead atoms. The Morgan fingerprint density at radius 1 is 0.963 bits per heavy atom. The Balaban J connectivity index is 1.69. The van der Waals surface area contributed by atoms with Crippen molar-refractivity contribution in [1.82, 2.24) is 5.32 Å². The number of fused-ring (bicyclic) bond motifs is 1. The molecule has 0 heterocycles. The molecule has 1 N–H and O–H groups in total. The Morgan fingerprint density at radius 3 is 2.52 bits per heavy atom. The fourth-order valence-electron chi connectivity index (χ4n) is 3.02. The van der Waals surface area contributed by atoms with Crippen molar-refractivity contribution in [1.29, 1.82) is 0 Å². The van der Waals surface area contributed by atoms with E-state index in [-0.39, 0.29) is 5.91 Å². The van der Waals surface area contributed by atoms with E-state index >= 15 is 0 Å². The summed E-state index contributed by atoms with van der Waals surface area (Å²) in [4.78, 5) is 24.3. The van der Waals surface area contributed by atoms with Crippen LogP contribution in [0.3, 0.4) is 0 Å². The molecular formula is C22H21NO4. The highest BCUT2D eigenvalue weighted by Gasteiger charge is 2.14. The molecule has 0 radical (unpaired) electrons. The first kappa shape index (κ1) is 18.5. The van der Waals surface area contributed by atoms with Crippen LogP contribution in [0.2, 0.25) is 0 Å². The predicted octanol–water partition coefficient (Wildman–Crippen LogP) is 3.49. The zero-order valence-electron chi connectivity index (χ0n) is 15.3. The molecule has 5 heteroatoms. The minimum Gasteiger partial charge on any atom is -0.496 e. The minimum absolute atomic E-state index is 0.0817. The number of rotatable bonds is 6. The molecule has 1 amide bonds. The number of hydrogen-bond donors (Lipinski definition) is 1. The summed E-state index contributed by atoms with van der Waals surface area (Å²) in [7, 11) is 2.81. The molecule has 0 fully saturated rings. The Hall–Kier alpha value is -3.34. The largest absolute Gasteiger partial charge is 0.496 e. The number of carbonyl (C=O) groups is 2. The van der Waals surface area contributed by atoms with Crippen molar-refractivity contribution < 1.29 is 19.1 Å². The monoisotopic (exact) mass is 363 g/mol. The number of ether oxygens (including phenoxy) is 2. The molecule has 3 aromatic carbocycles. The van der Waals surface area contributed by atoms with E-state index < -0.39 is 5.97 Å². The first-order valence-corrected chi connectivity index (χ1v) is 8.61. The van der Waals surface area contributed by atoms with Gasteiger partial charge in [0.1, 0.15) is 11.3 Å². The van der Waals surface area contributed by atoms with E-state index in [4.69, 9.17) is 9.47 Å². The summed E-state index contributed by atoms with van der Waals surface area (Å²) in [5.74, 6) is -0.120. The molecule has 0 aliphatic heterocycles. The van der Waals surface area contributed by atoms with E-state index in [9.17, 15) is 9.59 Å². The SMILES string of the molecule is COC(=O)c1cc(CNC(=O)Cc2cccc3ccccc23)ccc1OC. The summed E-state index contributed by atoms with van der Waals surface area (Å²) in [6.45, 7) is 0.317. The predicted molar refractivity (Wildman–Crippen MR) is 104 cm³/mol. The normalized spacial score (nSPS) is 10.4. The van der Waals surface area contributed by atoms with Crippen LogP contribution in [0, 0.1) is 0 Å². The Morgan fingerprint density at radius 2 is 1.74 bits per heavy atom. The van der Waals surface area contributed by atoms with Crippen LogP contribution in [-0.2, 0) is 22.5 Å². The van der Waals surface area contributed by atoms with E-state index in [1.54, 1.807) is 12.1 Å². The highest BCUT2D eigenvalue weighted by molar-refractivity contribution is 5.93. The van der Waals surface area contributed by atoms with Crippen LogP contribution >= 0.6 is 0 Å². The van der Waals surface area contributed by atoms with Gasteiger partial charge in [0.15, 0.2) is 0 Å². The average molecular weight is 363 g/mol. The maximum Gasteiger partial charge on any atom is 0.341 e. The standard InChI is InChI=1S/C22H21NO4/c1-26-20-11-10-15(12-19(20)22(25)27-2)14-23-21(24)13-17-8-5-7-16-6-3-4-9-18(16)17/h3-12H,13-14H2,1-2H3,(H,23,24). The smallest absolute Gasteiger partial charge is 0.341 e. The van der Waals surface area contributed by atoms with Crippen molar-refractivity contribution in [3.63, 3.8) is 0 Å². The topological polar surface area (TPSA) is 64.6 Å². The third-order valence-corrected chi connectivity index (χ3v) is 4.39. The molecule has 0 spiro atoms. The van der Waals surface area contributed by atoms with Crippen molar-refractivity contribution in [2.45, 2.75) is 13.0 Å². The van der Waals surface area contributed by atoms with Gasteiger partial charge >= 0.3 is 5.97 Å². The van der Waals surface area contributed by atoms with Crippen molar-refractivity contribution in [3.05, 3.63) is 77.4 Å². The summed E-state index contributed by atoms with van der Waals surface area (Å²) in [5.41, 5.74) is 2.11. The number of benzene rings is 3. The van der Waals surface area contributed by atoms with Gasteiger partial charge in [-0.05, 0) is 34.0 Å². The average Bonchev–Trinajstić information content (AvgIpc) is 2.71. The summed E-state index contributed by atoms with van der Waals surface area (Å²) >= 11 is 0. The highest BCUT2D eigenvalue weighted by Crippen LogP contribution is 2.21. The molecule has 138 valence electrons. The van der Waals surface area contributed by atoms with E-state index in [2.05, 4.69) is 5.32 Å². The third kappa shape index (κ3) is 4.26. The third-order valence-electron chi connectivity index (χ3n) is 4.39. The number of hydrogen-bond acceptors (Lipinski definition) is 4. The van der Waals surface area contributed by atoms with Gasteiger partial charge < -0.3 is 14.8 Å². The number of methoxy groups -OCH3 is 2. The van der Waals surface area contributed by atoms with E-state index in [0.29, 0.717) is 24.3 Å². The van der Waals surface area contributed by atoms with Crippen LogP contribution in [0.1, 0.15) is 21.5 Å². The van der Waals surface area contributed by atoms with E-state index in [1.165, 1.54) is 14.2 Å². The molecular weight excluding hydrogens is 342 g/mol. The molecule has 0 atom stereocenters. The first-order valence-electron chi connectivity index (χ1n) is 8.61. The molecule has 3 rings (SSSR count). The lowest BCUT2D eigenvalue weighted by Gasteiger charge is -2.11. The molecule has 27 heavy (non-hydrogen) atoms. The first-order chi connectivity index (χ1) is 13.1. The number of carbonyl (C=O) groups excluding carboxylic acids is 2. The van der Waals surface area contributed by atoms with Crippen LogP contribution in [-0.4, -0.2) is 26.1 Å². The number of nitrogens with one attached hydrogen (secondary N) is 1. The zero-order chi connectivity index (χ0) is 19.2. The van der Waals surface area contributed by atoms with Crippen molar-refractivity contribution >= 4 is 22.6 Å². The van der Waals surface area contributed by atoms with Crippen LogP contribution < -0.4 is 10.1 Å². The molecule has 3 aromatic rings. The molecule has 0 aromatic heterocycles. The lowest BCUT2D eigenvalue weighted by Crippen LogP contribution is -2.24. The van der Waals surface area contributed by atoms with Crippen LogP contribution in [0.25, 0.3) is 10.8 Å². The highest BCUT2D eigenvalue weighted by atomic mass is 16.5. The van der Waals surface area contributed by atoms with Crippen LogP contribution in [0.15, 0.2) is 60.7 Å². The number of esters is 1. The molecule has 0 saturated carbocycles. The van der Waals surface area contributed by atoms with Gasteiger partial charge in [0.25, 0.3) is 0 Å². The van der Waals surface area contributed by atoms with Gasteiger partial charge in [0.05, 0.1) is 20.6 Å². The van der Waals surface area contributed by atoms with Gasteiger partial charge in [-0.3, -0.25) is 4.79 Å². The van der Waals surface area contributed by atoms with Gasteiger partial charge in [0.2, 0.25) is 5.91 Å². The summed E-state index contributed by atoms with van der Waals surface area (Å²) in [5, 5.41) is 5.09. The van der Waals surface area contributed by atoms with Gasteiger partial charge in [-0.1, -0.05) is 48.5 Å². The molecule has 0 unspecified atom stereocenters. The molecule has 0 saturated heterocycles. The quantitative estimate of drug-likeness (QED) is 0.681. The number of amides is 1. The van der Waals surface area contributed by atoms with Gasteiger partial charge in [-0.15, -0.1) is 0 Å². The van der Waals surface area contributed by atoms with Gasteiger partial charge in [-0.2, -0.15) is 0 Å². The maximum atomic E-state index is 12.4. The van der Waals surface area contributed by atoms with Crippen LogP contribution in [0.5, 0.6) is 5.75 Å².